The number of para-hydroxylation sites is 1. The Morgan fingerprint density at radius 2 is 2.04 bits per heavy atom. The van der Waals surface area contributed by atoms with Crippen LogP contribution < -0.4 is 15.6 Å². The Labute approximate surface area is 160 Å². The normalized spacial score (nSPS) is 10.6. The fraction of sp³-hybridized carbons (Fsp3) is 0.263. The van der Waals surface area contributed by atoms with Crippen molar-refractivity contribution < 1.29 is 9.53 Å². The Morgan fingerprint density at radius 3 is 2.78 bits per heavy atom. The monoisotopic (exact) mass is 384 g/mol. The van der Waals surface area contributed by atoms with E-state index in [0.717, 1.165) is 16.5 Å². The number of hydrogen-bond acceptors (Lipinski definition) is 6. The molecule has 1 amide bonds. The molecular weight excluding hydrogens is 364 g/mol. The van der Waals surface area contributed by atoms with E-state index in [1.165, 1.54) is 16.8 Å². The summed E-state index contributed by atoms with van der Waals surface area (Å²) in [6.07, 6.45) is 0.653. The van der Waals surface area contributed by atoms with Crippen molar-refractivity contribution in [3.05, 3.63) is 74.6 Å². The van der Waals surface area contributed by atoms with Crippen molar-refractivity contribution in [3.8, 4) is 5.75 Å². The van der Waals surface area contributed by atoms with E-state index in [2.05, 4.69) is 15.4 Å². The maximum absolute atomic E-state index is 12.3. The summed E-state index contributed by atoms with van der Waals surface area (Å²) in [7, 11) is 0. The Balaban J connectivity index is 1.53. The molecule has 0 radical (unpaired) electrons. The molecule has 0 fully saturated rings. The summed E-state index contributed by atoms with van der Waals surface area (Å²) < 4.78 is 6.81. The summed E-state index contributed by atoms with van der Waals surface area (Å²) in [6, 6.07) is 12.1. The molecular formula is C19H20N4O3S. The highest BCUT2D eigenvalue weighted by Gasteiger charge is 2.10. The molecule has 0 atom stereocenters. The van der Waals surface area contributed by atoms with Crippen molar-refractivity contribution in [1.82, 2.24) is 20.1 Å². The number of nitrogens with zero attached hydrogens (tertiary/aromatic N) is 3. The van der Waals surface area contributed by atoms with E-state index in [1.807, 2.05) is 42.6 Å². The summed E-state index contributed by atoms with van der Waals surface area (Å²) in [5.41, 5.74) is 0.874. The summed E-state index contributed by atoms with van der Waals surface area (Å²) in [5, 5.41) is 9.92. The number of ether oxygens (including phenoxy) is 1. The van der Waals surface area contributed by atoms with Gasteiger partial charge in [-0.3, -0.25) is 9.59 Å². The lowest BCUT2D eigenvalue weighted by Crippen LogP contribution is -2.31. The first-order valence-electron chi connectivity index (χ1n) is 8.57. The van der Waals surface area contributed by atoms with Crippen LogP contribution in [0.15, 0.2) is 52.6 Å². The molecule has 0 aliphatic carbocycles. The fourth-order valence-corrected chi connectivity index (χ4v) is 3.06. The predicted molar refractivity (Wildman–Crippen MR) is 103 cm³/mol. The lowest BCUT2D eigenvalue weighted by molar-refractivity contribution is 0.0946. The van der Waals surface area contributed by atoms with Crippen LogP contribution in [0.4, 0.5) is 0 Å². The van der Waals surface area contributed by atoms with Crippen molar-refractivity contribution in [2.45, 2.75) is 19.9 Å². The maximum atomic E-state index is 12.3. The van der Waals surface area contributed by atoms with Gasteiger partial charge in [-0.1, -0.05) is 18.2 Å². The lowest BCUT2D eigenvalue weighted by Gasteiger charge is -2.09. The number of thiazole rings is 1. The van der Waals surface area contributed by atoms with Crippen LogP contribution in [0.2, 0.25) is 0 Å². The molecule has 1 N–H and O–H groups in total. The number of nitrogens with one attached hydrogen (secondary N) is 1. The smallest absolute Gasteiger partial charge is 0.271 e. The predicted octanol–water partition coefficient (Wildman–Crippen LogP) is 2.06. The average molecular weight is 384 g/mol. The Hall–Kier alpha value is -3.00. The molecule has 0 spiro atoms. The van der Waals surface area contributed by atoms with Crippen LogP contribution in [-0.4, -0.2) is 33.8 Å². The third kappa shape index (κ3) is 5.49. The number of hydrogen-bond donors (Lipinski definition) is 1. The highest BCUT2D eigenvalue weighted by Crippen LogP contribution is 2.08. The molecule has 3 rings (SSSR count). The van der Waals surface area contributed by atoms with E-state index in [9.17, 15) is 9.59 Å². The second-order valence-electron chi connectivity index (χ2n) is 5.81. The molecule has 7 nitrogen and oxygen atoms in total. The molecule has 140 valence electrons. The minimum Gasteiger partial charge on any atom is -0.492 e. The van der Waals surface area contributed by atoms with E-state index in [1.54, 1.807) is 11.3 Å². The summed E-state index contributed by atoms with van der Waals surface area (Å²) in [6.45, 7) is 2.94. The SMILES string of the molecule is Cc1nc(CCNC(=O)c2ccc(=O)n(CCOc3ccccc3)n2)cs1. The molecule has 0 saturated heterocycles. The van der Waals surface area contributed by atoms with Crippen LogP contribution in [-0.2, 0) is 13.0 Å². The van der Waals surface area contributed by atoms with Crippen LogP contribution in [0, 0.1) is 6.92 Å². The quantitative estimate of drug-likeness (QED) is 0.642. The molecule has 0 aliphatic rings. The van der Waals surface area contributed by atoms with E-state index >= 15 is 0 Å². The zero-order valence-corrected chi connectivity index (χ0v) is 15.7. The molecule has 2 aromatic heterocycles. The Bertz CT molecular complexity index is 953. The zero-order valence-electron chi connectivity index (χ0n) is 14.9. The molecule has 3 aromatic rings. The Kier molecular flexibility index (Phi) is 6.32. The van der Waals surface area contributed by atoms with Crippen molar-refractivity contribution in [2.75, 3.05) is 13.2 Å². The van der Waals surface area contributed by atoms with Gasteiger partial charge in [0.05, 0.1) is 17.2 Å². The first-order valence-corrected chi connectivity index (χ1v) is 9.45. The van der Waals surface area contributed by atoms with Gasteiger partial charge in [0.25, 0.3) is 11.5 Å². The minimum atomic E-state index is -0.320. The van der Waals surface area contributed by atoms with Gasteiger partial charge in [0, 0.05) is 24.4 Å². The molecule has 0 aliphatic heterocycles. The van der Waals surface area contributed by atoms with E-state index < -0.39 is 0 Å². The third-order valence-corrected chi connectivity index (χ3v) is 4.57. The zero-order chi connectivity index (χ0) is 19.1. The van der Waals surface area contributed by atoms with Gasteiger partial charge in [-0.05, 0) is 25.1 Å². The average Bonchev–Trinajstić information content (AvgIpc) is 3.09. The molecule has 2 heterocycles. The summed E-state index contributed by atoms with van der Waals surface area (Å²) in [5.74, 6) is 0.399. The second-order valence-corrected chi connectivity index (χ2v) is 6.87. The van der Waals surface area contributed by atoms with Crippen molar-refractivity contribution in [1.29, 1.82) is 0 Å². The molecule has 8 heteroatoms. The molecule has 0 bridgehead atoms. The fourth-order valence-electron chi connectivity index (χ4n) is 2.41. The van der Waals surface area contributed by atoms with Crippen LogP contribution in [0.25, 0.3) is 0 Å². The first-order chi connectivity index (χ1) is 13.1. The van der Waals surface area contributed by atoms with Crippen LogP contribution in [0.3, 0.4) is 0 Å². The number of aryl methyl sites for hydroxylation is 1. The van der Waals surface area contributed by atoms with Gasteiger partial charge < -0.3 is 10.1 Å². The topological polar surface area (TPSA) is 86.1 Å². The standard InChI is InChI=1S/C19H20N4O3S/c1-14-21-15(13-27-14)9-10-20-19(25)17-7-8-18(24)23(22-17)11-12-26-16-5-3-2-4-6-16/h2-8,13H,9-12H2,1H3,(H,20,25). The minimum absolute atomic E-state index is 0.198. The summed E-state index contributed by atoms with van der Waals surface area (Å²) >= 11 is 1.58. The van der Waals surface area contributed by atoms with Crippen LogP contribution in [0.5, 0.6) is 5.75 Å². The van der Waals surface area contributed by atoms with Crippen molar-refractivity contribution in [3.63, 3.8) is 0 Å². The summed E-state index contributed by atoms with van der Waals surface area (Å²) in [4.78, 5) is 28.6. The van der Waals surface area contributed by atoms with Crippen LogP contribution in [0.1, 0.15) is 21.2 Å². The van der Waals surface area contributed by atoms with Gasteiger partial charge in [0.2, 0.25) is 0 Å². The van der Waals surface area contributed by atoms with Gasteiger partial charge in [-0.25, -0.2) is 9.67 Å². The molecule has 0 unspecified atom stereocenters. The number of carbonyl (C=O) groups is 1. The second kappa shape index (κ2) is 9.09. The number of amides is 1. The van der Waals surface area contributed by atoms with Crippen LogP contribution >= 0.6 is 11.3 Å². The highest BCUT2D eigenvalue weighted by atomic mass is 32.1. The third-order valence-electron chi connectivity index (χ3n) is 3.75. The molecule has 0 saturated carbocycles. The lowest BCUT2D eigenvalue weighted by atomic mass is 10.3. The number of aromatic nitrogens is 3. The van der Waals surface area contributed by atoms with Crippen molar-refractivity contribution in [2.24, 2.45) is 0 Å². The largest absolute Gasteiger partial charge is 0.492 e. The Morgan fingerprint density at radius 1 is 1.22 bits per heavy atom. The highest BCUT2D eigenvalue weighted by molar-refractivity contribution is 7.09. The van der Waals surface area contributed by atoms with E-state index in [0.29, 0.717) is 13.0 Å². The van der Waals surface area contributed by atoms with E-state index in [-0.39, 0.29) is 30.3 Å². The van der Waals surface area contributed by atoms with Gasteiger partial charge >= 0.3 is 0 Å². The number of rotatable bonds is 8. The number of benzene rings is 1. The number of carbonyl (C=O) groups excluding carboxylic acids is 1. The van der Waals surface area contributed by atoms with Crippen molar-refractivity contribution >= 4 is 17.2 Å². The molecule has 27 heavy (non-hydrogen) atoms. The van der Waals surface area contributed by atoms with Gasteiger partial charge in [0.1, 0.15) is 18.1 Å². The van der Waals surface area contributed by atoms with Gasteiger partial charge in [-0.15, -0.1) is 11.3 Å². The first kappa shape index (κ1) is 18.8. The van der Waals surface area contributed by atoms with Gasteiger partial charge in [-0.2, -0.15) is 5.10 Å². The molecule has 1 aromatic carbocycles. The maximum Gasteiger partial charge on any atom is 0.271 e. The van der Waals surface area contributed by atoms with Gasteiger partial charge in [0.15, 0.2) is 0 Å². The van der Waals surface area contributed by atoms with E-state index in [4.69, 9.17) is 4.74 Å².